The summed E-state index contributed by atoms with van der Waals surface area (Å²) in [7, 11) is 0. The van der Waals surface area contributed by atoms with E-state index in [1.165, 1.54) is 29.5 Å². The summed E-state index contributed by atoms with van der Waals surface area (Å²) in [5.41, 5.74) is -0.570. The monoisotopic (exact) mass is 535 g/mol. The van der Waals surface area contributed by atoms with Gasteiger partial charge in [0.15, 0.2) is 0 Å². The van der Waals surface area contributed by atoms with Crippen molar-refractivity contribution in [2.75, 3.05) is 36.4 Å². The van der Waals surface area contributed by atoms with Crippen LogP contribution in [0.2, 0.25) is 0 Å². The second-order valence-corrected chi connectivity index (χ2v) is 8.28. The highest BCUT2D eigenvalue weighted by molar-refractivity contribution is 7.17. The predicted octanol–water partition coefficient (Wildman–Crippen LogP) is 4.40. The minimum atomic E-state index is -5.08. The van der Waals surface area contributed by atoms with E-state index in [2.05, 4.69) is 25.5 Å². The number of carboxylic acid groups (broad SMARTS) is 1. The van der Waals surface area contributed by atoms with E-state index < -0.39 is 29.8 Å². The molecular formula is C21H19F6N5O3S. The van der Waals surface area contributed by atoms with Crippen LogP contribution in [0.3, 0.4) is 0 Å². The van der Waals surface area contributed by atoms with E-state index in [4.69, 9.17) is 9.90 Å². The predicted molar refractivity (Wildman–Crippen MR) is 120 cm³/mol. The second kappa shape index (κ2) is 11.1. The van der Waals surface area contributed by atoms with E-state index in [1.54, 1.807) is 11.6 Å². The van der Waals surface area contributed by atoms with Gasteiger partial charge in [0.05, 0.1) is 23.0 Å². The lowest BCUT2D eigenvalue weighted by Gasteiger charge is -2.20. The first-order valence-corrected chi connectivity index (χ1v) is 11.2. The standard InChI is InChI=1S/C19H18F3N5OS.C2HF3O2/c20-19(21,22)13-4-1-2-5-14(13)25-17(28)12-11-29-18-16(12)26-15(10-24-18)27-8-3-6-23-7-9-27;3-2(4,5)1(6)7/h1-2,4-5,10-11,23H,3,6-9H2,(H,25,28);(H,6,7). The number of fused-ring (bicyclic) bond motifs is 1. The first-order chi connectivity index (χ1) is 16.9. The molecule has 15 heteroatoms. The highest BCUT2D eigenvalue weighted by atomic mass is 32.1. The number of carbonyl (C=O) groups excluding carboxylic acids is 1. The summed E-state index contributed by atoms with van der Waals surface area (Å²) in [5.74, 6) is -2.74. The van der Waals surface area contributed by atoms with Gasteiger partial charge in [-0.05, 0) is 25.1 Å². The molecule has 0 radical (unpaired) electrons. The lowest BCUT2D eigenvalue weighted by atomic mass is 10.1. The highest BCUT2D eigenvalue weighted by Gasteiger charge is 2.38. The van der Waals surface area contributed by atoms with Gasteiger partial charge in [-0.25, -0.2) is 14.8 Å². The summed E-state index contributed by atoms with van der Waals surface area (Å²) >= 11 is 1.23. The maximum absolute atomic E-state index is 13.2. The zero-order chi connectivity index (χ0) is 26.5. The van der Waals surface area contributed by atoms with Crippen molar-refractivity contribution in [2.24, 2.45) is 0 Å². The number of nitrogens with zero attached hydrogens (tertiary/aromatic N) is 3. The van der Waals surface area contributed by atoms with Crippen LogP contribution in [0.15, 0.2) is 35.8 Å². The Morgan fingerprint density at radius 1 is 1.08 bits per heavy atom. The van der Waals surface area contributed by atoms with Gasteiger partial charge in [0, 0.05) is 25.0 Å². The Balaban J connectivity index is 0.000000454. The van der Waals surface area contributed by atoms with E-state index in [0.29, 0.717) is 16.2 Å². The van der Waals surface area contributed by atoms with Gasteiger partial charge in [-0.2, -0.15) is 26.3 Å². The molecule has 3 heterocycles. The van der Waals surface area contributed by atoms with Crippen LogP contribution >= 0.6 is 11.3 Å². The number of nitrogens with one attached hydrogen (secondary N) is 2. The maximum Gasteiger partial charge on any atom is 0.490 e. The van der Waals surface area contributed by atoms with Crippen LogP contribution in [0, 0.1) is 0 Å². The normalized spacial score (nSPS) is 14.6. The third-order valence-electron chi connectivity index (χ3n) is 4.90. The molecule has 1 aromatic carbocycles. The van der Waals surface area contributed by atoms with Crippen molar-refractivity contribution in [3.63, 3.8) is 0 Å². The number of alkyl halides is 6. The molecule has 1 aliphatic rings. The number of anilines is 2. The number of carboxylic acids is 1. The zero-order valence-corrected chi connectivity index (χ0v) is 19.1. The Morgan fingerprint density at radius 3 is 2.44 bits per heavy atom. The van der Waals surface area contributed by atoms with Gasteiger partial charge in [-0.1, -0.05) is 12.1 Å². The molecular weight excluding hydrogens is 516 g/mol. The van der Waals surface area contributed by atoms with Crippen LogP contribution in [0.1, 0.15) is 22.3 Å². The van der Waals surface area contributed by atoms with Crippen molar-refractivity contribution < 1.29 is 41.0 Å². The van der Waals surface area contributed by atoms with Gasteiger partial charge in [0.2, 0.25) is 0 Å². The summed E-state index contributed by atoms with van der Waals surface area (Å²) in [5, 5.41) is 14.4. The van der Waals surface area contributed by atoms with E-state index in [0.717, 1.165) is 38.7 Å². The van der Waals surface area contributed by atoms with Crippen molar-refractivity contribution in [3.8, 4) is 0 Å². The fraction of sp³-hybridized carbons (Fsp3) is 0.333. The Morgan fingerprint density at radius 2 is 1.78 bits per heavy atom. The quantitative estimate of drug-likeness (QED) is 0.427. The fourth-order valence-electron chi connectivity index (χ4n) is 3.22. The number of aromatic nitrogens is 2. The van der Waals surface area contributed by atoms with Crippen LogP contribution in [0.5, 0.6) is 0 Å². The first kappa shape index (κ1) is 27.1. The SMILES string of the molecule is O=C(Nc1ccccc1C(F)(F)F)c1csc2ncc(N3CCCNCC3)nc12.O=C(O)C(F)(F)F. The Hall–Kier alpha value is -3.46. The smallest absolute Gasteiger partial charge is 0.475 e. The maximum atomic E-state index is 13.2. The van der Waals surface area contributed by atoms with Crippen molar-refractivity contribution in [1.29, 1.82) is 0 Å². The number of para-hydroxylation sites is 1. The van der Waals surface area contributed by atoms with E-state index in [1.807, 2.05) is 0 Å². The second-order valence-electron chi connectivity index (χ2n) is 7.42. The molecule has 4 rings (SSSR count). The minimum Gasteiger partial charge on any atom is -0.475 e. The molecule has 0 saturated carbocycles. The van der Waals surface area contributed by atoms with Crippen LogP contribution in [-0.2, 0) is 11.0 Å². The number of carbonyl (C=O) groups is 2. The lowest BCUT2D eigenvalue weighted by molar-refractivity contribution is -0.192. The van der Waals surface area contributed by atoms with Gasteiger partial charge in [0.25, 0.3) is 5.91 Å². The average molecular weight is 535 g/mol. The molecule has 0 atom stereocenters. The molecule has 0 spiro atoms. The molecule has 1 aliphatic heterocycles. The van der Waals surface area contributed by atoms with Crippen LogP contribution in [0.25, 0.3) is 10.3 Å². The molecule has 3 aromatic rings. The first-order valence-electron chi connectivity index (χ1n) is 10.4. The van der Waals surface area contributed by atoms with E-state index >= 15 is 0 Å². The number of halogens is 6. The molecule has 0 aliphatic carbocycles. The minimum absolute atomic E-state index is 0.212. The van der Waals surface area contributed by atoms with Crippen molar-refractivity contribution in [2.45, 2.75) is 18.8 Å². The third kappa shape index (κ3) is 6.81. The molecule has 2 aromatic heterocycles. The summed E-state index contributed by atoms with van der Waals surface area (Å²) in [6, 6.07) is 4.90. The lowest BCUT2D eigenvalue weighted by Crippen LogP contribution is -2.28. The largest absolute Gasteiger partial charge is 0.490 e. The van der Waals surface area contributed by atoms with Gasteiger partial charge in [0.1, 0.15) is 16.2 Å². The summed E-state index contributed by atoms with van der Waals surface area (Å²) in [6.07, 6.45) is -7.01. The fourth-order valence-corrected chi connectivity index (χ4v) is 4.05. The van der Waals surface area contributed by atoms with Crippen LogP contribution < -0.4 is 15.5 Å². The number of aliphatic carboxylic acids is 1. The zero-order valence-electron chi connectivity index (χ0n) is 18.3. The molecule has 8 nitrogen and oxygen atoms in total. The van der Waals surface area contributed by atoms with E-state index in [-0.39, 0.29) is 11.3 Å². The van der Waals surface area contributed by atoms with Gasteiger partial charge >= 0.3 is 18.3 Å². The van der Waals surface area contributed by atoms with Gasteiger partial charge < -0.3 is 20.6 Å². The molecule has 0 bridgehead atoms. The number of hydrogen-bond acceptors (Lipinski definition) is 7. The van der Waals surface area contributed by atoms with E-state index in [9.17, 15) is 31.1 Å². The molecule has 0 unspecified atom stereocenters. The summed E-state index contributed by atoms with van der Waals surface area (Å²) < 4.78 is 71.3. The Labute approximate surface area is 204 Å². The number of amides is 1. The molecule has 36 heavy (non-hydrogen) atoms. The van der Waals surface area contributed by atoms with Crippen molar-refractivity contribution in [3.05, 3.63) is 47.0 Å². The molecule has 1 amide bonds. The van der Waals surface area contributed by atoms with Crippen molar-refractivity contribution >= 4 is 45.1 Å². The number of thiophene rings is 1. The average Bonchev–Trinajstić information content (AvgIpc) is 3.03. The Kier molecular flexibility index (Phi) is 8.35. The van der Waals surface area contributed by atoms with Crippen LogP contribution in [-0.4, -0.2) is 59.3 Å². The summed E-state index contributed by atoms with van der Waals surface area (Å²) in [6.45, 7) is 3.34. The highest BCUT2D eigenvalue weighted by Crippen LogP contribution is 2.35. The molecule has 3 N–H and O–H groups in total. The number of hydrogen-bond donors (Lipinski definition) is 3. The van der Waals surface area contributed by atoms with Crippen molar-refractivity contribution in [1.82, 2.24) is 15.3 Å². The summed E-state index contributed by atoms with van der Waals surface area (Å²) in [4.78, 5) is 33.3. The molecule has 1 saturated heterocycles. The Bertz CT molecular complexity index is 1220. The van der Waals surface area contributed by atoms with Gasteiger partial charge in [-0.15, -0.1) is 11.3 Å². The number of benzene rings is 1. The molecule has 194 valence electrons. The van der Waals surface area contributed by atoms with Gasteiger partial charge in [-0.3, -0.25) is 4.79 Å². The van der Waals surface area contributed by atoms with Crippen LogP contribution in [0.4, 0.5) is 37.8 Å². The third-order valence-corrected chi connectivity index (χ3v) is 5.78. The molecule has 1 fully saturated rings. The topological polar surface area (TPSA) is 107 Å². The number of rotatable bonds is 3.